The van der Waals surface area contributed by atoms with Gasteiger partial charge in [0.15, 0.2) is 0 Å². The van der Waals surface area contributed by atoms with E-state index in [9.17, 15) is 9.90 Å². The van der Waals surface area contributed by atoms with Gasteiger partial charge in [0, 0.05) is 5.56 Å². The molecule has 1 amide bonds. The summed E-state index contributed by atoms with van der Waals surface area (Å²) in [6.07, 6.45) is 0. The highest BCUT2D eigenvalue weighted by Crippen LogP contribution is 2.22. The molecule has 5 nitrogen and oxygen atoms in total. The number of rotatable bonds is 2. The largest absolute Gasteiger partial charge is 0.508 e. The molecule has 19 heavy (non-hydrogen) atoms. The molecule has 0 fully saturated rings. The van der Waals surface area contributed by atoms with Crippen molar-refractivity contribution in [2.45, 2.75) is 0 Å². The second-order valence-electron chi connectivity index (χ2n) is 3.94. The van der Waals surface area contributed by atoms with Crippen LogP contribution in [0.2, 0.25) is 0 Å². The predicted octanol–water partition coefficient (Wildman–Crippen LogP) is 2.65. The molecular formula is C13H9N3O2S. The molecular weight excluding hydrogens is 262 g/mol. The van der Waals surface area contributed by atoms with Gasteiger partial charge in [-0.2, -0.15) is 8.75 Å². The zero-order valence-electron chi connectivity index (χ0n) is 9.70. The van der Waals surface area contributed by atoms with Gasteiger partial charge < -0.3 is 10.4 Å². The molecule has 3 rings (SSSR count). The van der Waals surface area contributed by atoms with Crippen molar-refractivity contribution in [3.05, 3.63) is 48.0 Å². The van der Waals surface area contributed by atoms with Gasteiger partial charge in [0.1, 0.15) is 16.8 Å². The van der Waals surface area contributed by atoms with E-state index in [0.717, 1.165) is 17.2 Å². The first-order chi connectivity index (χ1) is 9.24. The van der Waals surface area contributed by atoms with E-state index >= 15 is 0 Å². The summed E-state index contributed by atoms with van der Waals surface area (Å²) in [5.74, 6) is -0.238. The van der Waals surface area contributed by atoms with Crippen molar-refractivity contribution in [3.8, 4) is 5.75 Å². The van der Waals surface area contributed by atoms with Gasteiger partial charge in [0.25, 0.3) is 5.91 Å². The van der Waals surface area contributed by atoms with Crippen molar-refractivity contribution in [1.82, 2.24) is 8.75 Å². The maximum absolute atomic E-state index is 12.1. The summed E-state index contributed by atoms with van der Waals surface area (Å²) in [7, 11) is 0. The van der Waals surface area contributed by atoms with Gasteiger partial charge in [-0.05, 0) is 30.3 Å². The lowest BCUT2D eigenvalue weighted by Crippen LogP contribution is -2.11. The van der Waals surface area contributed by atoms with Crippen LogP contribution in [0.1, 0.15) is 10.4 Å². The standard InChI is InChI=1S/C13H9N3O2S/c17-9-4-1-3-8(7-9)13(18)14-10-5-2-6-11-12(10)16-19-15-11/h1-7,17H,(H,14,18). The zero-order chi connectivity index (χ0) is 13.2. The maximum atomic E-state index is 12.1. The molecule has 2 aromatic carbocycles. The lowest BCUT2D eigenvalue weighted by molar-refractivity contribution is 0.102. The van der Waals surface area contributed by atoms with E-state index in [4.69, 9.17) is 0 Å². The highest BCUT2D eigenvalue weighted by atomic mass is 32.1. The number of amides is 1. The van der Waals surface area contributed by atoms with Crippen molar-refractivity contribution in [2.24, 2.45) is 0 Å². The molecule has 1 heterocycles. The molecule has 0 saturated heterocycles. The lowest BCUT2D eigenvalue weighted by atomic mass is 10.2. The van der Waals surface area contributed by atoms with Crippen LogP contribution < -0.4 is 5.32 Å². The molecule has 1 aromatic heterocycles. The van der Waals surface area contributed by atoms with Crippen LogP contribution in [0.25, 0.3) is 11.0 Å². The molecule has 0 aliphatic rings. The van der Waals surface area contributed by atoms with Gasteiger partial charge in [0.05, 0.1) is 17.4 Å². The van der Waals surface area contributed by atoms with E-state index in [2.05, 4.69) is 14.1 Å². The Morgan fingerprint density at radius 2 is 2.00 bits per heavy atom. The van der Waals surface area contributed by atoms with Crippen molar-refractivity contribution in [2.75, 3.05) is 5.32 Å². The quantitative estimate of drug-likeness (QED) is 0.751. The molecule has 0 atom stereocenters. The first-order valence-electron chi connectivity index (χ1n) is 5.56. The van der Waals surface area contributed by atoms with E-state index in [1.165, 1.54) is 12.1 Å². The normalized spacial score (nSPS) is 10.5. The minimum atomic E-state index is -0.295. The highest BCUT2D eigenvalue weighted by Gasteiger charge is 2.10. The number of phenolic OH excluding ortho intramolecular Hbond substituents is 1. The molecule has 0 saturated carbocycles. The maximum Gasteiger partial charge on any atom is 0.255 e. The molecule has 0 aliphatic carbocycles. The van der Waals surface area contributed by atoms with E-state index in [1.54, 1.807) is 18.2 Å². The van der Waals surface area contributed by atoms with Gasteiger partial charge in [-0.3, -0.25) is 4.79 Å². The van der Waals surface area contributed by atoms with Gasteiger partial charge in [0.2, 0.25) is 0 Å². The Bertz CT molecular complexity index is 754. The fourth-order valence-corrected chi connectivity index (χ4v) is 2.30. The number of aromatic hydroxyl groups is 1. The lowest BCUT2D eigenvalue weighted by Gasteiger charge is -2.05. The second kappa shape index (κ2) is 4.66. The number of hydrogen-bond donors (Lipinski definition) is 2. The number of anilines is 1. The fraction of sp³-hybridized carbons (Fsp3) is 0. The first-order valence-corrected chi connectivity index (χ1v) is 6.29. The van der Waals surface area contributed by atoms with Crippen LogP contribution in [0.15, 0.2) is 42.5 Å². The van der Waals surface area contributed by atoms with Crippen LogP contribution in [0.4, 0.5) is 5.69 Å². The van der Waals surface area contributed by atoms with Crippen molar-refractivity contribution < 1.29 is 9.90 Å². The van der Waals surface area contributed by atoms with Crippen LogP contribution in [-0.4, -0.2) is 19.8 Å². The summed E-state index contributed by atoms with van der Waals surface area (Å²) in [4.78, 5) is 12.1. The Kier molecular flexibility index (Phi) is 2.85. The van der Waals surface area contributed by atoms with Crippen molar-refractivity contribution in [1.29, 1.82) is 0 Å². The SMILES string of the molecule is O=C(Nc1cccc2nsnc12)c1cccc(O)c1. The van der Waals surface area contributed by atoms with Gasteiger partial charge >= 0.3 is 0 Å². The summed E-state index contributed by atoms with van der Waals surface area (Å²) in [6.45, 7) is 0. The molecule has 94 valence electrons. The van der Waals surface area contributed by atoms with E-state index < -0.39 is 0 Å². The first kappa shape index (κ1) is 11.6. The van der Waals surface area contributed by atoms with Crippen molar-refractivity contribution in [3.63, 3.8) is 0 Å². The fourth-order valence-electron chi connectivity index (χ4n) is 1.75. The third-order valence-electron chi connectivity index (χ3n) is 2.64. The Morgan fingerprint density at radius 1 is 1.16 bits per heavy atom. The Hall–Kier alpha value is -2.47. The van der Waals surface area contributed by atoms with E-state index in [1.807, 2.05) is 12.1 Å². The van der Waals surface area contributed by atoms with Gasteiger partial charge in [-0.1, -0.05) is 12.1 Å². The minimum Gasteiger partial charge on any atom is -0.508 e. The monoisotopic (exact) mass is 271 g/mol. The summed E-state index contributed by atoms with van der Waals surface area (Å²) in [5.41, 5.74) is 2.42. The highest BCUT2D eigenvalue weighted by molar-refractivity contribution is 7.00. The molecule has 0 spiro atoms. The molecule has 0 bridgehead atoms. The number of benzene rings is 2. The Labute approximate surface area is 112 Å². The number of fused-ring (bicyclic) bond motifs is 1. The van der Waals surface area contributed by atoms with Crippen LogP contribution >= 0.6 is 11.7 Å². The molecule has 3 aromatic rings. The zero-order valence-corrected chi connectivity index (χ0v) is 10.5. The Balaban J connectivity index is 1.93. The Morgan fingerprint density at radius 3 is 2.84 bits per heavy atom. The molecule has 0 radical (unpaired) electrons. The summed E-state index contributed by atoms with van der Waals surface area (Å²) < 4.78 is 8.26. The number of nitrogens with zero attached hydrogens (tertiary/aromatic N) is 2. The number of hydrogen-bond acceptors (Lipinski definition) is 5. The smallest absolute Gasteiger partial charge is 0.255 e. The molecule has 6 heteroatoms. The average molecular weight is 271 g/mol. The number of carbonyl (C=O) groups excluding carboxylic acids is 1. The van der Waals surface area contributed by atoms with Crippen molar-refractivity contribution >= 4 is 34.4 Å². The van der Waals surface area contributed by atoms with Gasteiger partial charge in [-0.25, -0.2) is 0 Å². The molecule has 0 aliphatic heterocycles. The summed E-state index contributed by atoms with van der Waals surface area (Å²) >= 11 is 1.10. The van der Waals surface area contributed by atoms with E-state index in [-0.39, 0.29) is 11.7 Å². The van der Waals surface area contributed by atoms with Gasteiger partial charge in [-0.15, -0.1) is 0 Å². The van der Waals surface area contributed by atoms with Crippen LogP contribution in [0.3, 0.4) is 0 Å². The average Bonchev–Trinajstić information content (AvgIpc) is 2.88. The van der Waals surface area contributed by atoms with Crippen LogP contribution in [0.5, 0.6) is 5.75 Å². The van der Waals surface area contributed by atoms with Crippen LogP contribution in [-0.2, 0) is 0 Å². The number of aromatic nitrogens is 2. The predicted molar refractivity (Wildman–Crippen MR) is 73.5 cm³/mol. The summed E-state index contributed by atoms with van der Waals surface area (Å²) in [6, 6.07) is 11.6. The third-order valence-corrected chi connectivity index (χ3v) is 3.19. The number of nitrogens with one attached hydrogen (secondary N) is 1. The molecule has 2 N–H and O–H groups in total. The number of carbonyl (C=O) groups is 1. The number of phenols is 1. The summed E-state index contributed by atoms with van der Waals surface area (Å²) in [5, 5.41) is 12.1. The van der Waals surface area contributed by atoms with Crippen LogP contribution in [0, 0.1) is 0 Å². The van der Waals surface area contributed by atoms with E-state index in [0.29, 0.717) is 16.8 Å². The minimum absolute atomic E-state index is 0.0567. The third kappa shape index (κ3) is 2.25. The molecule has 0 unspecified atom stereocenters. The topological polar surface area (TPSA) is 75.1 Å². The second-order valence-corrected chi connectivity index (χ2v) is 4.47.